The van der Waals surface area contributed by atoms with Crippen LogP contribution in [0.5, 0.6) is 0 Å². The molecule has 0 spiro atoms. The van der Waals surface area contributed by atoms with Crippen molar-refractivity contribution >= 4 is 17.9 Å². The monoisotopic (exact) mass is 877 g/mol. The lowest BCUT2D eigenvalue weighted by Crippen LogP contribution is -2.30. The molecule has 0 aromatic carbocycles. The van der Waals surface area contributed by atoms with Crippen LogP contribution in [0.25, 0.3) is 0 Å². The number of esters is 3. The maximum absolute atomic E-state index is 12.8. The first-order chi connectivity index (χ1) is 30.2. The minimum Gasteiger partial charge on any atom is -0.462 e. The topological polar surface area (TPSA) is 78.9 Å². The van der Waals surface area contributed by atoms with Crippen LogP contribution < -0.4 is 0 Å². The van der Waals surface area contributed by atoms with Crippen LogP contribution in [0.4, 0.5) is 0 Å². The molecule has 0 aliphatic heterocycles. The van der Waals surface area contributed by atoms with Crippen molar-refractivity contribution in [1.29, 1.82) is 0 Å². The lowest BCUT2D eigenvalue weighted by Gasteiger charge is -2.18. The number of unbranched alkanes of at least 4 members (excludes halogenated alkanes) is 35. The second-order valence-corrected chi connectivity index (χ2v) is 20.2. The van der Waals surface area contributed by atoms with Gasteiger partial charge in [-0.15, -0.1) is 0 Å². The molecule has 0 unspecified atom stereocenters. The minimum atomic E-state index is -0.762. The van der Waals surface area contributed by atoms with Crippen molar-refractivity contribution in [2.75, 3.05) is 13.2 Å². The highest BCUT2D eigenvalue weighted by Crippen LogP contribution is 2.18. The second kappa shape index (κ2) is 48.9. The molecule has 0 aliphatic rings. The van der Waals surface area contributed by atoms with Crippen molar-refractivity contribution in [3.63, 3.8) is 0 Å². The van der Waals surface area contributed by atoms with Gasteiger partial charge in [-0.1, -0.05) is 272 Å². The second-order valence-electron chi connectivity index (χ2n) is 20.2. The van der Waals surface area contributed by atoms with Gasteiger partial charge in [0.2, 0.25) is 0 Å². The van der Waals surface area contributed by atoms with Gasteiger partial charge in [0.15, 0.2) is 6.10 Å². The largest absolute Gasteiger partial charge is 0.462 e. The molecule has 0 radical (unpaired) electrons. The first kappa shape index (κ1) is 60.4. The third kappa shape index (κ3) is 49.4. The SMILES string of the molecule is CCCCCCCCCCCCCCCCCCCC(=O)OC[C@H](COC(=O)CCCCCCCCCCCCC(C)C)OC(=O)CCCCCCCCCCCCCC(C)C. The number of hydrogen-bond acceptors (Lipinski definition) is 6. The summed E-state index contributed by atoms with van der Waals surface area (Å²) in [4.78, 5) is 38.1. The fourth-order valence-electron chi connectivity index (χ4n) is 8.52. The third-order valence-electron chi connectivity index (χ3n) is 12.7. The molecule has 1 atom stereocenters. The summed E-state index contributed by atoms with van der Waals surface area (Å²) in [5, 5.41) is 0. The van der Waals surface area contributed by atoms with Gasteiger partial charge in [-0.2, -0.15) is 0 Å². The number of ether oxygens (including phenoxy) is 3. The molecule has 0 aromatic rings. The molecular weight excluding hydrogens is 769 g/mol. The molecule has 0 bridgehead atoms. The highest BCUT2D eigenvalue weighted by molar-refractivity contribution is 5.71. The van der Waals surface area contributed by atoms with E-state index >= 15 is 0 Å². The van der Waals surface area contributed by atoms with Gasteiger partial charge in [0.1, 0.15) is 13.2 Å². The molecule has 0 aliphatic carbocycles. The summed E-state index contributed by atoms with van der Waals surface area (Å²) >= 11 is 0. The lowest BCUT2D eigenvalue weighted by atomic mass is 10.0. The Kier molecular flexibility index (Phi) is 47.6. The molecular formula is C56H108O6. The molecule has 0 rings (SSSR count). The third-order valence-corrected chi connectivity index (χ3v) is 12.7. The predicted octanol–water partition coefficient (Wildman–Crippen LogP) is 18.1. The summed E-state index contributed by atoms with van der Waals surface area (Å²) in [6.07, 6.45) is 50.9. The Morgan fingerprint density at radius 1 is 0.306 bits per heavy atom. The van der Waals surface area contributed by atoms with Crippen LogP contribution in [0.15, 0.2) is 0 Å². The average molecular weight is 877 g/mol. The first-order valence-electron chi connectivity index (χ1n) is 27.7. The van der Waals surface area contributed by atoms with E-state index in [0.29, 0.717) is 19.3 Å². The Bertz CT molecular complexity index is 947. The Hall–Kier alpha value is -1.59. The van der Waals surface area contributed by atoms with Crippen LogP contribution >= 0.6 is 0 Å². The summed E-state index contributed by atoms with van der Waals surface area (Å²) in [7, 11) is 0. The van der Waals surface area contributed by atoms with E-state index in [1.165, 1.54) is 199 Å². The molecule has 368 valence electrons. The zero-order valence-corrected chi connectivity index (χ0v) is 42.5. The number of hydrogen-bond donors (Lipinski definition) is 0. The molecule has 0 N–H and O–H groups in total. The summed E-state index contributed by atoms with van der Waals surface area (Å²) < 4.78 is 16.9. The molecule has 0 aromatic heterocycles. The van der Waals surface area contributed by atoms with E-state index in [9.17, 15) is 14.4 Å². The van der Waals surface area contributed by atoms with E-state index in [-0.39, 0.29) is 31.1 Å². The summed E-state index contributed by atoms with van der Waals surface area (Å²) in [6, 6.07) is 0. The number of rotatable bonds is 50. The van der Waals surface area contributed by atoms with Crippen LogP contribution in [0.3, 0.4) is 0 Å². The highest BCUT2D eigenvalue weighted by Gasteiger charge is 2.19. The molecule has 6 nitrogen and oxygen atoms in total. The Balaban J connectivity index is 4.29. The van der Waals surface area contributed by atoms with Crippen LogP contribution in [0.1, 0.15) is 311 Å². The smallest absolute Gasteiger partial charge is 0.306 e. The molecule has 0 amide bonds. The normalized spacial score (nSPS) is 12.0. The zero-order valence-electron chi connectivity index (χ0n) is 42.5. The standard InChI is InChI=1S/C56H108O6/c1-6-7-8-9-10-11-12-13-14-15-16-17-20-26-31-36-41-46-54(57)60-49-53(50-61-55(58)47-42-37-32-27-23-22-25-30-35-40-45-52(4)5)62-56(59)48-43-38-33-28-21-18-19-24-29-34-39-44-51(2)3/h51-53H,6-50H2,1-5H3/t53-/m1/s1. The van der Waals surface area contributed by atoms with Gasteiger partial charge in [0.05, 0.1) is 0 Å². The van der Waals surface area contributed by atoms with Crippen molar-refractivity contribution in [2.24, 2.45) is 11.8 Å². The van der Waals surface area contributed by atoms with Gasteiger partial charge >= 0.3 is 17.9 Å². The maximum Gasteiger partial charge on any atom is 0.306 e. The van der Waals surface area contributed by atoms with Crippen LogP contribution in [0.2, 0.25) is 0 Å². The van der Waals surface area contributed by atoms with Crippen molar-refractivity contribution < 1.29 is 28.6 Å². The van der Waals surface area contributed by atoms with Crippen LogP contribution in [0, 0.1) is 11.8 Å². The van der Waals surface area contributed by atoms with Crippen molar-refractivity contribution in [3.8, 4) is 0 Å². The van der Waals surface area contributed by atoms with E-state index in [1.54, 1.807) is 0 Å². The van der Waals surface area contributed by atoms with Crippen LogP contribution in [-0.4, -0.2) is 37.2 Å². The molecule has 62 heavy (non-hydrogen) atoms. The van der Waals surface area contributed by atoms with Crippen molar-refractivity contribution in [2.45, 2.75) is 317 Å². The summed E-state index contributed by atoms with van der Waals surface area (Å²) in [5.41, 5.74) is 0. The van der Waals surface area contributed by atoms with E-state index < -0.39 is 6.10 Å². The molecule has 0 heterocycles. The highest BCUT2D eigenvalue weighted by atomic mass is 16.6. The molecule has 0 saturated carbocycles. The predicted molar refractivity (Wildman–Crippen MR) is 266 cm³/mol. The lowest BCUT2D eigenvalue weighted by molar-refractivity contribution is -0.167. The van der Waals surface area contributed by atoms with Gasteiger partial charge < -0.3 is 14.2 Å². The molecule has 0 fully saturated rings. The van der Waals surface area contributed by atoms with E-state index in [1.807, 2.05) is 0 Å². The zero-order chi connectivity index (χ0) is 45.4. The van der Waals surface area contributed by atoms with Gasteiger partial charge in [0.25, 0.3) is 0 Å². The van der Waals surface area contributed by atoms with Gasteiger partial charge in [-0.05, 0) is 31.1 Å². The quantitative estimate of drug-likeness (QED) is 0.0344. The van der Waals surface area contributed by atoms with Gasteiger partial charge in [-0.3, -0.25) is 14.4 Å². The fraction of sp³-hybridized carbons (Fsp3) is 0.946. The van der Waals surface area contributed by atoms with Crippen molar-refractivity contribution in [1.82, 2.24) is 0 Å². The summed E-state index contributed by atoms with van der Waals surface area (Å²) in [5.74, 6) is 0.800. The average Bonchev–Trinajstić information content (AvgIpc) is 3.24. The Morgan fingerprint density at radius 2 is 0.532 bits per heavy atom. The Labute approximate surface area is 387 Å². The summed E-state index contributed by atoms with van der Waals surface area (Å²) in [6.45, 7) is 11.4. The molecule has 6 heteroatoms. The fourth-order valence-corrected chi connectivity index (χ4v) is 8.52. The van der Waals surface area contributed by atoms with E-state index in [4.69, 9.17) is 14.2 Å². The minimum absolute atomic E-state index is 0.0632. The van der Waals surface area contributed by atoms with Crippen LogP contribution in [-0.2, 0) is 28.6 Å². The van der Waals surface area contributed by atoms with Gasteiger partial charge in [-0.25, -0.2) is 0 Å². The van der Waals surface area contributed by atoms with E-state index in [0.717, 1.165) is 69.6 Å². The molecule has 0 saturated heterocycles. The number of carbonyl (C=O) groups is 3. The number of carbonyl (C=O) groups excluding carboxylic acids is 3. The maximum atomic E-state index is 12.8. The van der Waals surface area contributed by atoms with Gasteiger partial charge in [0, 0.05) is 19.3 Å². The van der Waals surface area contributed by atoms with E-state index in [2.05, 4.69) is 34.6 Å². The Morgan fingerprint density at radius 3 is 0.790 bits per heavy atom. The van der Waals surface area contributed by atoms with Crippen molar-refractivity contribution in [3.05, 3.63) is 0 Å². The first-order valence-corrected chi connectivity index (χ1v) is 27.7.